The zero-order chi connectivity index (χ0) is 9.91. The molecule has 1 fully saturated rings. The Hall–Kier alpha value is -0.0500. The second-order valence-corrected chi connectivity index (χ2v) is 6.57. The lowest BCUT2D eigenvalue weighted by Gasteiger charge is -2.31. The van der Waals surface area contributed by atoms with Gasteiger partial charge in [-0.2, -0.15) is 0 Å². The number of halogens is 1. The first-order valence-corrected chi connectivity index (χ1v) is 5.54. The number of aliphatic imine (C=N–C) groups is 1. The minimum absolute atomic E-state index is 0.0814. The molecule has 0 aromatic rings. The Kier molecular flexibility index (Phi) is 1.68. The van der Waals surface area contributed by atoms with Gasteiger partial charge in [0.1, 0.15) is 9.93 Å². The molecule has 74 valence electrons. The summed E-state index contributed by atoms with van der Waals surface area (Å²) in [4.78, 5) is 4.65. The van der Waals surface area contributed by atoms with E-state index in [1.54, 1.807) is 0 Å². The predicted molar refractivity (Wildman–Crippen MR) is 57.6 cm³/mol. The first kappa shape index (κ1) is 9.50. The van der Waals surface area contributed by atoms with Crippen LogP contribution in [0.25, 0.3) is 0 Å². The van der Waals surface area contributed by atoms with Crippen LogP contribution in [0.5, 0.6) is 0 Å². The van der Waals surface area contributed by atoms with E-state index in [4.69, 9.17) is 4.74 Å². The third-order valence-corrected chi connectivity index (χ3v) is 4.41. The lowest BCUT2D eigenvalue weighted by atomic mass is 9.87. The summed E-state index contributed by atoms with van der Waals surface area (Å²) in [5.74, 6) is 0.905. The first-order chi connectivity index (χ1) is 5.77. The SMILES string of the molecule is CC1(C)N=C(C2(Br)CC2)OC1(C)C. The number of rotatable bonds is 1. The molecule has 0 aromatic carbocycles. The maximum Gasteiger partial charge on any atom is 0.201 e. The molecule has 2 nitrogen and oxygen atoms in total. The zero-order valence-corrected chi connectivity index (χ0v) is 10.2. The highest BCUT2D eigenvalue weighted by atomic mass is 79.9. The lowest BCUT2D eigenvalue weighted by Crippen LogP contribution is -2.41. The van der Waals surface area contributed by atoms with Crippen LogP contribution in [0.15, 0.2) is 4.99 Å². The summed E-state index contributed by atoms with van der Waals surface area (Å²) in [5, 5.41) is 0. The molecule has 0 bridgehead atoms. The van der Waals surface area contributed by atoms with Crippen LogP contribution in [0.1, 0.15) is 40.5 Å². The largest absolute Gasteiger partial charge is 0.471 e. The van der Waals surface area contributed by atoms with Crippen LogP contribution in [0, 0.1) is 0 Å². The van der Waals surface area contributed by atoms with E-state index < -0.39 is 0 Å². The Morgan fingerprint density at radius 1 is 1.23 bits per heavy atom. The summed E-state index contributed by atoms with van der Waals surface area (Å²) in [6.07, 6.45) is 2.30. The Balaban J connectivity index is 2.28. The molecule has 1 aliphatic carbocycles. The molecule has 0 spiro atoms. The average molecular weight is 246 g/mol. The van der Waals surface area contributed by atoms with Gasteiger partial charge in [0.15, 0.2) is 0 Å². The summed E-state index contributed by atoms with van der Waals surface area (Å²) in [7, 11) is 0. The van der Waals surface area contributed by atoms with Gasteiger partial charge in [-0.3, -0.25) is 0 Å². The minimum Gasteiger partial charge on any atom is -0.471 e. The summed E-state index contributed by atoms with van der Waals surface area (Å²) in [5.41, 5.74) is -0.280. The summed E-state index contributed by atoms with van der Waals surface area (Å²) in [6, 6.07) is 0. The Morgan fingerprint density at radius 2 is 1.77 bits per heavy atom. The molecule has 13 heavy (non-hydrogen) atoms. The van der Waals surface area contributed by atoms with Gasteiger partial charge in [0, 0.05) is 0 Å². The maximum atomic E-state index is 5.89. The number of alkyl halides is 1. The van der Waals surface area contributed by atoms with Crippen molar-refractivity contribution in [2.75, 3.05) is 0 Å². The molecule has 2 aliphatic rings. The molecule has 0 amide bonds. The van der Waals surface area contributed by atoms with E-state index in [9.17, 15) is 0 Å². The molecule has 0 atom stereocenters. The smallest absolute Gasteiger partial charge is 0.201 e. The van der Waals surface area contributed by atoms with Gasteiger partial charge in [-0.1, -0.05) is 15.9 Å². The van der Waals surface area contributed by atoms with Crippen molar-refractivity contribution in [3.05, 3.63) is 0 Å². The van der Waals surface area contributed by atoms with Crippen LogP contribution in [-0.2, 0) is 4.74 Å². The molecule has 1 saturated carbocycles. The van der Waals surface area contributed by atoms with E-state index in [0.717, 1.165) is 18.7 Å². The first-order valence-electron chi connectivity index (χ1n) is 4.75. The molecule has 3 heteroatoms. The average Bonchev–Trinajstić information content (AvgIpc) is 2.61. The fraction of sp³-hybridized carbons (Fsp3) is 0.900. The van der Waals surface area contributed by atoms with Crippen molar-refractivity contribution < 1.29 is 4.74 Å². The van der Waals surface area contributed by atoms with E-state index in [2.05, 4.69) is 48.6 Å². The van der Waals surface area contributed by atoms with E-state index in [1.165, 1.54) is 0 Å². The topological polar surface area (TPSA) is 21.6 Å². The van der Waals surface area contributed by atoms with Crippen LogP contribution in [-0.4, -0.2) is 21.4 Å². The molecular weight excluding hydrogens is 230 g/mol. The fourth-order valence-electron chi connectivity index (χ4n) is 1.29. The van der Waals surface area contributed by atoms with Gasteiger partial charge >= 0.3 is 0 Å². The van der Waals surface area contributed by atoms with Gasteiger partial charge in [-0.15, -0.1) is 0 Å². The van der Waals surface area contributed by atoms with Crippen LogP contribution in [0.2, 0.25) is 0 Å². The van der Waals surface area contributed by atoms with Gasteiger partial charge in [-0.05, 0) is 40.5 Å². The van der Waals surface area contributed by atoms with Crippen molar-refractivity contribution in [2.24, 2.45) is 4.99 Å². The molecule has 0 radical (unpaired) electrons. The summed E-state index contributed by atoms with van der Waals surface area (Å²) in [6.45, 7) is 8.45. The molecule has 0 unspecified atom stereocenters. The predicted octanol–water partition coefficient (Wildman–Crippen LogP) is 2.90. The van der Waals surface area contributed by atoms with Gasteiger partial charge < -0.3 is 4.74 Å². The highest BCUT2D eigenvalue weighted by Gasteiger charge is 2.55. The Labute approximate surface area is 87.9 Å². The Bertz CT molecular complexity index is 277. The van der Waals surface area contributed by atoms with Crippen LogP contribution < -0.4 is 0 Å². The second kappa shape index (κ2) is 2.30. The van der Waals surface area contributed by atoms with Gasteiger partial charge in [0.25, 0.3) is 0 Å². The highest BCUT2D eigenvalue weighted by molar-refractivity contribution is 9.10. The molecular formula is C10H16BrNO. The van der Waals surface area contributed by atoms with E-state index >= 15 is 0 Å². The molecule has 0 saturated heterocycles. The van der Waals surface area contributed by atoms with Crippen molar-refractivity contribution in [3.8, 4) is 0 Å². The highest BCUT2D eigenvalue weighted by Crippen LogP contribution is 2.50. The normalized spacial score (nSPS) is 32.2. The quantitative estimate of drug-likeness (QED) is 0.652. The van der Waals surface area contributed by atoms with Crippen molar-refractivity contribution in [1.29, 1.82) is 0 Å². The number of hydrogen-bond donors (Lipinski definition) is 0. The van der Waals surface area contributed by atoms with Crippen molar-refractivity contribution in [1.82, 2.24) is 0 Å². The fourth-order valence-corrected chi connectivity index (χ4v) is 1.66. The van der Waals surface area contributed by atoms with Crippen molar-refractivity contribution in [3.63, 3.8) is 0 Å². The second-order valence-electron chi connectivity index (χ2n) is 5.05. The third kappa shape index (κ3) is 1.32. The lowest BCUT2D eigenvalue weighted by molar-refractivity contribution is 0.0592. The Morgan fingerprint density at radius 3 is 2.08 bits per heavy atom. The molecule has 0 N–H and O–H groups in total. The molecule has 2 rings (SSSR count). The van der Waals surface area contributed by atoms with Crippen LogP contribution in [0.3, 0.4) is 0 Å². The van der Waals surface area contributed by atoms with Gasteiger partial charge in [0.2, 0.25) is 5.90 Å². The molecule has 1 aliphatic heterocycles. The van der Waals surface area contributed by atoms with E-state index in [0.29, 0.717) is 0 Å². The number of ether oxygens (including phenoxy) is 1. The van der Waals surface area contributed by atoms with E-state index in [1.807, 2.05) is 0 Å². The monoisotopic (exact) mass is 245 g/mol. The van der Waals surface area contributed by atoms with Gasteiger partial charge in [-0.25, -0.2) is 4.99 Å². The zero-order valence-electron chi connectivity index (χ0n) is 8.65. The van der Waals surface area contributed by atoms with Crippen molar-refractivity contribution >= 4 is 21.8 Å². The summed E-state index contributed by atoms with van der Waals surface area (Å²) < 4.78 is 5.98. The minimum atomic E-state index is -0.175. The van der Waals surface area contributed by atoms with Crippen molar-refractivity contribution in [2.45, 2.75) is 56.0 Å². The molecule has 1 heterocycles. The third-order valence-electron chi connectivity index (χ3n) is 3.28. The number of hydrogen-bond acceptors (Lipinski definition) is 2. The standard InChI is InChI=1S/C10H16BrNO/c1-8(2)9(3,4)13-7(12-8)10(11)5-6-10/h5-6H2,1-4H3. The van der Waals surface area contributed by atoms with E-state index in [-0.39, 0.29) is 15.5 Å². The molecule has 0 aromatic heterocycles. The maximum absolute atomic E-state index is 5.89. The summed E-state index contributed by atoms with van der Waals surface area (Å²) >= 11 is 3.66. The van der Waals surface area contributed by atoms with Crippen LogP contribution >= 0.6 is 15.9 Å². The number of nitrogens with zero attached hydrogens (tertiary/aromatic N) is 1. The van der Waals surface area contributed by atoms with Crippen LogP contribution in [0.4, 0.5) is 0 Å². The van der Waals surface area contributed by atoms with Gasteiger partial charge in [0.05, 0.1) is 5.54 Å².